The zero-order chi connectivity index (χ0) is 0. The minimum Gasteiger partial charge on any atom is -0.344 e. The van der Waals surface area contributed by atoms with Crippen LogP contribution in [-0.2, 0) is 0 Å². The quantitative estimate of drug-likeness (QED) is 0.327. The Morgan fingerprint density at radius 2 is 0.250 bits per heavy atom. The normalized spacial score (nSPS) is 0. The van der Waals surface area contributed by atoms with E-state index in [4.69, 9.17) is 0 Å². The Balaban J connectivity index is 0. The molecule has 0 saturated heterocycles. The van der Waals surface area contributed by atoms with E-state index < -0.39 is 0 Å². The van der Waals surface area contributed by atoms with Crippen LogP contribution < -0.4 is 30.8 Å². The summed E-state index contributed by atoms with van der Waals surface area (Å²) in [5.41, 5.74) is 0. The Kier molecular flexibility index (Phi) is 805. The van der Waals surface area contributed by atoms with Gasteiger partial charge in [-0.1, -0.05) is 0 Å². The molecule has 8 heteroatoms. The second kappa shape index (κ2) is 69.8. The molecule has 0 aliphatic carbocycles. The van der Waals surface area contributed by atoms with Crippen LogP contribution in [0.15, 0.2) is 0 Å². The Morgan fingerprint density at radius 3 is 0.250 bits per heavy atom. The Hall–Kier alpha value is 3.93. The van der Waals surface area contributed by atoms with Crippen molar-refractivity contribution >= 4 is 0 Å². The fraction of sp³-hybridized carbons (Fsp3) is 0. The average Bonchev–Trinajstić information content (AvgIpc) is 0. The van der Waals surface area contributed by atoms with Gasteiger partial charge in [0, 0.05) is 125 Å². The summed E-state index contributed by atoms with van der Waals surface area (Å²) in [4.78, 5) is 0. The molecular weight excluding hydrogens is 490 g/mol. The molecule has 0 amide bonds. The zero-order valence-electron chi connectivity index (χ0n) is 5.04. The number of hydrogen-bond acceptors (Lipinski definition) is 5. The van der Waals surface area contributed by atoms with Crippen molar-refractivity contribution in [2.45, 2.75) is 0 Å². The first-order valence-electron chi connectivity index (χ1n) is 0. The van der Waals surface area contributed by atoms with Crippen LogP contribution >= 0.6 is 0 Å². The topological polar surface area (TPSA) is 175 Å². The predicted octanol–water partition coefficient (Wildman–Crippen LogP) is 0.810. The van der Waals surface area contributed by atoms with Gasteiger partial charge in [-0.25, -0.2) is 0 Å². The van der Waals surface area contributed by atoms with Crippen molar-refractivity contribution in [1.82, 2.24) is 30.8 Å². The minimum absolute atomic E-state index is 0. The van der Waals surface area contributed by atoms with Crippen LogP contribution in [0.1, 0.15) is 0 Å². The predicted molar refractivity (Wildman–Crippen MR) is 25.1 cm³/mol. The smallest absolute Gasteiger partial charge is 0 e. The second-order valence-electron chi connectivity index (χ2n) is 0. The van der Waals surface area contributed by atoms with Crippen LogP contribution in [0.4, 0.5) is 0 Å². The van der Waals surface area contributed by atoms with Gasteiger partial charge in [-0.15, -0.1) is 0 Å². The van der Waals surface area contributed by atoms with Crippen LogP contribution in [0, 0.1) is 125 Å². The molecule has 5 nitrogen and oxygen atoms in total. The van der Waals surface area contributed by atoms with Gasteiger partial charge in [0.1, 0.15) is 0 Å². The minimum atomic E-state index is 0. The SMILES string of the molecule is N.N.N.N.N.[Ce].[Ce].[Ce]. The van der Waals surface area contributed by atoms with Crippen molar-refractivity contribution in [3.05, 3.63) is 0 Å². The monoisotopic (exact) mass is 505 g/mol. The maximum atomic E-state index is 0. The fourth-order valence-corrected chi connectivity index (χ4v) is 0. The van der Waals surface area contributed by atoms with Crippen LogP contribution in [-0.4, -0.2) is 0 Å². The summed E-state index contributed by atoms with van der Waals surface area (Å²) in [6, 6.07) is 0. The molecule has 0 radical (unpaired) electrons. The Bertz CT molecular complexity index is 7.64. The van der Waals surface area contributed by atoms with Crippen LogP contribution in [0.2, 0.25) is 0 Å². The van der Waals surface area contributed by atoms with Crippen molar-refractivity contribution in [3.63, 3.8) is 0 Å². The van der Waals surface area contributed by atoms with Gasteiger partial charge in [0.05, 0.1) is 0 Å². The molecule has 8 heavy (non-hydrogen) atoms. The van der Waals surface area contributed by atoms with Gasteiger partial charge in [0.15, 0.2) is 0 Å². The molecule has 0 aromatic rings. The summed E-state index contributed by atoms with van der Waals surface area (Å²) in [5, 5.41) is 0. The Labute approximate surface area is 152 Å². The largest absolute Gasteiger partial charge is 0.344 e. The van der Waals surface area contributed by atoms with E-state index in [9.17, 15) is 0 Å². The van der Waals surface area contributed by atoms with Crippen LogP contribution in [0.5, 0.6) is 0 Å². The third kappa shape index (κ3) is 51.3. The van der Waals surface area contributed by atoms with Gasteiger partial charge in [0.2, 0.25) is 0 Å². The molecule has 0 aliphatic heterocycles. The maximum absolute atomic E-state index is 0. The molecular formula is H15Ce3N5. The van der Waals surface area contributed by atoms with Gasteiger partial charge in [-0.2, -0.15) is 0 Å². The van der Waals surface area contributed by atoms with Gasteiger partial charge in [-0.05, 0) is 0 Å². The standard InChI is InChI=1S/3Ce.5H3N/h;;;5*1H3. The van der Waals surface area contributed by atoms with Crippen molar-refractivity contribution in [2.24, 2.45) is 0 Å². The summed E-state index contributed by atoms with van der Waals surface area (Å²) in [6.45, 7) is 0. The average molecular weight is 506 g/mol. The molecule has 0 aromatic heterocycles. The zero-order valence-corrected chi connectivity index (χ0v) is 14.5. The molecule has 0 heterocycles. The molecule has 0 unspecified atom stereocenters. The molecule has 0 fully saturated rings. The van der Waals surface area contributed by atoms with Gasteiger partial charge < -0.3 is 30.8 Å². The van der Waals surface area contributed by atoms with Crippen molar-refractivity contribution in [1.29, 1.82) is 0 Å². The van der Waals surface area contributed by atoms with Crippen molar-refractivity contribution in [3.8, 4) is 0 Å². The summed E-state index contributed by atoms with van der Waals surface area (Å²) < 4.78 is 0. The number of hydrogen-bond donors (Lipinski definition) is 5. The van der Waals surface area contributed by atoms with Crippen molar-refractivity contribution in [2.75, 3.05) is 0 Å². The van der Waals surface area contributed by atoms with Gasteiger partial charge in [0.25, 0.3) is 0 Å². The molecule has 0 bridgehead atoms. The molecule has 15 N–H and O–H groups in total. The third-order valence-electron chi connectivity index (χ3n) is 0. The second-order valence-corrected chi connectivity index (χ2v) is 0. The molecule has 52 valence electrons. The van der Waals surface area contributed by atoms with E-state index in [1.807, 2.05) is 0 Å². The summed E-state index contributed by atoms with van der Waals surface area (Å²) in [7, 11) is 0. The van der Waals surface area contributed by atoms with Gasteiger partial charge in [-0.3, -0.25) is 0 Å². The number of rotatable bonds is 0. The van der Waals surface area contributed by atoms with E-state index in [1.165, 1.54) is 0 Å². The molecule has 0 aromatic carbocycles. The van der Waals surface area contributed by atoms with E-state index in [0.717, 1.165) is 0 Å². The molecule has 0 saturated carbocycles. The maximum Gasteiger partial charge on any atom is 0 e. The Morgan fingerprint density at radius 1 is 0.250 bits per heavy atom. The summed E-state index contributed by atoms with van der Waals surface area (Å²) >= 11 is 0. The van der Waals surface area contributed by atoms with E-state index >= 15 is 0 Å². The van der Waals surface area contributed by atoms with Crippen LogP contribution in [0.3, 0.4) is 0 Å². The molecule has 0 rings (SSSR count). The summed E-state index contributed by atoms with van der Waals surface area (Å²) in [5.74, 6) is 0. The van der Waals surface area contributed by atoms with E-state index in [0.29, 0.717) is 0 Å². The molecule has 0 aliphatic rings. The first-order valence-corrected chi connectivity index (χ1v) is 0. The van der Waals surface area contributed by atoms with Crippen molar-refractivity contribution < 1.29 is 125 Å². The first-order chi connectivity index (χ1) is 0. The van der Waals surface area contributed by atoms with E-state index in [-0.39, 0.29) is 156 Å². The molecule has 0 atom stereocenters. The van der Waals surface area contributed by atoms with Gasteiger partial charge >= 0.3 is 0 Å². The summed E-state index contributed by atoms with van der Waals surface area (Å²) in [6.07, 6.45) is 0. The van der Waals surface area contributed by atoms with E-state index in [1.54, 1.807) is 0 Å². The fourth-order valence-electron chi connectivity index (χ4n) is 0. The van der Waals surface area contributed by atoms with Crippen LogP contribution in [0.25, 0.3) is 0 Å². The van der Waals surface area contributed by atoms with E-state index in [2.05, 4.69) is 0 Å². The third-order valence-corrected chi connectivity index (χ3v) is 0. The first kappa shape index (κ1) is 92.3. The molecule has 0 spiro atoms.